The van der Waals surface area contributed by atoms with Gasteiger partial charge in [-0.2, -0.15) is 0 Å². The molecule has 0 aliphatic heterocycles. The second-order valence-corrected chi connectivity index (χ2v) is 3.61. The molecule has 90 valence electrons. The second kappa shape index (κ2) is 5.05. The Kier molecular flexibility index (Phi) is 3.49. The molecule has 0 saturated carbocycles. The number of nitrogens with zero attached hydrogens (tertiary/aromatic N) is 1. The van der Waals surface area contributed by atoms with Crippen molar-refractivity contribution < 1.29 is 18.4 Å². The molecule has 2 rings (SSSR count). The Bertz CT molecular complexity index is 511. The van der Waals surface area contributed by atoms with Crippen molar-refractivity contribution in [2.45, 2.75) is 12.8 Å². The Balaban J connectivity index is 2.27. The first-order chi connectivity index (χ1) is 8.22. The third kappa shape index (κ3) is 2.50. The van der Waals surface area contributed by atoms with Crippen molar-refractivity contribution in [3.05, 3.63) is 41.7 Å². The molecular weight excluding hydrogens is 228 g/mol. The van der Waals surface area contributed by atoms with Crippen molar-refractivity contribution in [3.8, 4) is 11.3 Å². The summed E-state index contributed by atoms with van der Waals surface area (Å²) in [5, 5.41) is 12.3. The summed E-state index contributed by atoms with van der Waals surface area (Å²) in [6.07, 6.45) is 1.06. The fourth-order valence-corrected chi connectivity index (χ4v) is 1.51. The maximum Gasteiger partial charge on any atom is 0.168 e. The minimum Gasteiger partial charge on any atom is -0.396 e. The Labute approximate surface area is 96.7 Å². The van der Waals surface area contributed by atoms with E-state index in [0.29, 0.717) is 18.6 Å². The van der Waals surface area contributed by atoms with Gasteiger partial charge in [0.15, 0.2) is 11.6 Å². The van der Waals surface area contributed by atoms with Gasteiger partial charge in [-0.15, -0.1) is 0 Å². The van der Waals surface area contributed by atoms with Crippen molar-refractivity contribution in [2.24, 2.45) is 0 Å². The zero-order chi connectivity index (χ0) is 12.3. The normalized spacial score (nSPS) is 10.8. The fraction of sp³-hybridized carbons (Fsp3) is 0.250. The summed E-state index contributed by atoms with van der Waals surface area (Å²) >= 11 is 0. The van der Waals surface area contributed by atoms with E-state index in [1.807, 2.05) is 0 Å². The lowest BCUT2D eigenvalue weighted by Gasteiger charge is -1.98. The molecule has 0 radical (unpaired) electrons. The molecular formula is C12H11F2NO2. The molecule has 1 aromatic carbocycles. The van der Waals surface area contributed by atoms with Crippen LogP contribution in [0.25, 0.3) is 11.3 Å². The lowest BCUT2D eigenvalue weighted by molar-refractivity contribution is 0.280. The van der Waals surface area contributed by atoms with Crippen LogP contribution in [-0.2, 0) is 6.42 Å². The van der Waals surface area contributed by atoms with E-state index in [4.69, 9.17) is 9.63 Å². The molecule has 0 fully saturated rings. The molecule has 0 unspecified atom stereocenters. The molecule has 5 heteroatoms. The number of aliphatic hydroxyl groups excluding tert-OH is 1. The Morgan fingerprint density at radius 1 is 1.29 bits per heavy atom. The van der Waals surface area contributed by atoms with Gasteiger partial charge in [0.25, 0.3) is 0 Å². The van der Waals surface area contributed by atoms with Crippen molar-refractivity contribution in [3.63, 3.8) is 0 Å². The van der Waals surface area contributed by atoms with E-state index in [9.17, 15) is 8.78 Å². The van der Waals surface area contributed by atoms with Gasteiger partial charge in [0.2, 0.25) is 0 Å². The molecule has 0 atom stereocenters. The smallest absolute Gasteiger partial charge is 0.168 e. The van der Waals surface area contributed by atoms with E-state index in [0.717, 1.165) is 6.07 Å². The number of aromatic nitrogens is 1. The zero-order valence-corrected chi connectivity index (χ0v) is 8.99. The van der Waals surface area contributed by atoms with Crippen LogP contribution in [0.5, 0.6) is 0 Å². The van der Waals surface area contributed by atoms with Gasteiger partial charge in [-0.05, 0) is 18.6 Å². The molecule has 17 heavy (non-hydrogen) atoms. The van der Waals surface area contributed by atoms with E-state index in [-0.39, 0.29) is 17.9 Å². The highest BCUT2D eigenvalue weighted by atomic mass is 19.2. The van der Waals surface area contributed by atoms with Crippen LogP contribution in [0.4, 0.5) is 8.78 Å². The zero-order valence-electron chi connectivity index (χ0n) is 8.99. The van der Waals surface area contributed by atoms with Crippen LogP contribution < -0.4 is 0 Å². The Hall–Kier alpha value is -1.75. The predicted octanol–water partition coefficient (Wildman–Crippen LogP) is 2.54. The van der Waals surface area contributed by atoms with Crippen LogP contribution in [0.1, 0.15) is 12.2 Å². The third-order valence-corrected chi connectivity index (χ3v) is 2.37. The fourth-order valence-electron chi connectivity index (χ4n) is 1.51. The standard InChI is InChI=1S/C12H11F2NO2/c13-10-5-1-4-9(12(10)14)11-7-8(17-15-11)3-2-6-16/h1,4-5,7,16H,2-3,6H2. The van der Waals surface area contributed by atoms with Gasteiger partial charge in [-0.25, -0.2) is 8.78 Å². The van der Waals surface area contributed by atoms with E-state index in [2.05, 4.69) is 5.16 Å². The summed E-state index contributed by atoms with van der Waals surface area (Å²) in [5.41, 5.74) is 0.332. The van der Waals surface area contributed by atoms with Crippen molar-refractivity contribution in [2.75, 3.05) is 6.61 Å². The highest BCUT2D eigenvalue weighted by Crippen LogP contribution is 2.24. The van der Waals surface area contributed by atoms with E-state index in [1.165, 1.54) is 12.1 Å². The second-order valence-electron chi connectivity index (χ2n) is 3.61. The maximum atomic E-state index is 13.5. The molecule has 0 saturated heterocycles. The number of halogens is 2. The van der Waals surface area contributed by atoms with Crippen molar-refractivity contribution in [1.82, 2.24) is 5.16 Å². The van der Waals surface area contributed by atoms with Gasteiger partial charge in [-0.1, -0.05) is 11.2 Å². The average Bonchev–Trinajstić information content (AvgIpc) is 2.78. The lowest BCUT2D eigenvalue weighted by atomic mass is 10.1. The topological polar surface area (TPSA) is 46.3 Å². The van der Waals surface area contributed by atoms with Crippen LogP contribution in [0, 0.1) is 11.6 Å². The third-order valence-electron chi connectivity index (χ3n) is 2.37. The monoisotopic (exact) mass is 239 g/mol. The summed E-state index contributed by atoms with van der Waals surface area (Å²) in [4.78, 5) is 0. The number of hydrogen-bond acceptors (Lipinski definition) is 3. The highest BCUT2D eigenvalue weighted by molar-refractivity contribution is 5.59. The van der Waals surface area contributed by atoms with E-state index < -0.39 is 11.6 Å². The number of aliphatic hydroxyl groups is 1. The molecule has 0 aliphatic carbocycles. The van der Waals surface area contributed by atoms with Crippen molar-refractivity contribution in [1.29, 1.82) is 0 Å². The van der Waals surface area contributed by atoms with Gasteiger partial charge in [0.05, 0.1) is 0 Å². The maximum absolute atomic E-state index is 13.5. The summed E-state index contributed by atoms with van der Waals surface area (Å²) in [7, 11) is 0. The SMILES string of the molecule is OCCCc1cc(-c2cccc(F)c2F)no1. The van der Waals surface area contributed by atoms with Crippen LogP contribution >= 0.6 is 0 Å². The van der Waals surface area contributed by atoms with Crippen LogP contribution in [0.3, 0.4) is 0 Å². The average molecular weight is 239 g/mol. The predicted molar refractivity (Wildman–Crippen MR) is 57.3 cm³/mol. The number of rotatable bonds is 4. The molecule has 1 N–H and O–H groups in total. The molecule has 0 spiro atoms. The van der Waals surface area contributed by atoms with Gasteiger partial charge < -0.3 is 9.63 Å². The summed E-state index contributed by atoms with van der Waals surface area (Å²) in [6.45, 7) is 0.0460. The van der Waals surface area contributed by atoms with Gasteiger partial charge in [0.1, 0.15) is 11.5 Å². The quantitative estimate of drug-likeness (QED) is 0.891. The van der Waals surface area contributed by atoms with Crippen molar-refractivity contribution >= 4 is 0 Å². The first-order valence-corrected chi connectivity index (χ1v) is 5.23. The van der Waals surface area contributed by atoms with Crippen LogP contribution in [0.2, 0.25) is 0 Å². The van der Waals surface area contributed by atoms with E-state index >= 15 is 0 Å². The summed E-state index contributed by atoms with van der Waals surface area (Å²) in [5.74, 6) is -1.31. The molecule has 0 bridgehead atoms. The van der Waals surface area contributed by atoms with Crippen LogP contribution in [-0.4, -0.2) is 16.9 Å². The minimum atomic E-state index is -0.936. The molecule has 1 heterocycles. The first kappa shape index (κ1) is 11.7. The molecule has 0 amide bonds. The van der Waals surface area contributed by atoms with Gasteiger partial charge in [0, 0.05) is 24.7 Å². The highest BCUT2D eigenvalue weighted by Gasteiger charge is 2.13. The lowest BCUT2D eigenvalue weighted by Crippen LogP contribution is -1.89. The minimum absolute atomic E-state index is 0.0460. The number of aryl methyl sites for hydroxylation is 1. The van der Waals surface area contributed by atoms with E-state index in [1.54, 1.807) is 6.07 Å². The summed E-state index contributed by atoms with van der Waals surface area (Å²) in [6, 6.07) is 5.45. The molecule has 0 aliphatic rings. The van der Waals surface area contributed by atoms with Crippen LogP contribution in [0.15, 0.2) is 28.8 Å². The number of benzene rings is 1. The Morgan fingerprint density at radius 3 is 2.88 bits per heavy atom. The first-order valence-electron chi connectivity index (χ1n) is 5.23. The number of hydrogen-bond donors (Lipinski definition) is 1. The molecule has 3 nitrogen and oxygen atoms in total. The molecule has 2 aromatic rings. The molecule has 1 aromatic heterocycles. The summed E-state index contributed by atoms with van der Waals surface area (Å²) < 4.78 is 31.4. The van der Waals surface area contributed by atoms with Gasteiger partial charge >= 0.3 is 0 Å². The largest absolute Gasteiger partial charge is 0.396 e. The van der Waals surface area contributed by atoms with Gasteiger partial charge in [-0.3, -0.25) is 0 Å². The Morgan fingerprint density at radius 2 is 2.12 bits per heavy atom.